The second-order valence-corrected chi connectivity index (χ2v) is 1.69. The Bertz CT molecular complexity index is 256. The van der Waals surface area contributed by atoms with Crippen LogP contribution in [0.4, 0.5) is 5.82 Å². The molecule has 0 aliphatic heterocycles. The van der Waals surface area contributed by atoms with Crippen LogP contribution in [0.1, 0.15) is 0 Å². The van der Waals surface area contributed by atoms with Crippen LogP contribution in [0.3, 0.4) is 0 Å². The molecule has 1 aromatic rings. The van der Waals surface area contributed by atoms with Gasteiger partial charge in [-0.2, -0.15) is 0 Å². The van der Waals surface area contributed by atoms with E-state index in [-0.39, 0.29) is 6.67 Å². The van der Waals surface area contributed by atoms with Gasteiger partial charge in [-0.1, -0.05) is 5.11 Å². The van der Waals surface area contributed by atoms with Crippen molar-refractivity contribution in [1.29, 1.82) is 0 Å². The summed E-state index contributed by atoms with van der Waals surface area (Å²) < 4.78 is 1.59. The SMILES string of the molecule is [N-]=[N+]=NCn1cnc(N)c1. The minimum atomic E-state index is 0.237. The first-order chi connectivity index (χ1) is 4.83. The van der Waals surface area contributed by atoms with Crippen LogP contribution in [0.5, 0.6) is 0 Å². The van der Waals surface area contributed by atoms with Gasteiger partial charge in [0.15, 0.2) is 0 Å². The molecular formula is C4H6N6. The van der Waals surface area contributed by atoms with E-state index in [4.69, 9.17) is 11.3 Å². The average molecular weight is 138 g/mol. The van der Waals surface area contributed by atoms with Gasteiger partial charge in [0.1, 0.15) is 12.5 Å². The Labute approximate surface area is 56.9 Å². The maximum Gasteiger partial charge on any atom is 0.141 e. The van der Waals surface area contributed by atoms with Crippen molar-refractivity contribution in [2.24, 2.45) is 5.11 Å². The zero-order valence-electron chi connectivity index (χ0n) is 5.18. The molecule has 0 aromatic carbocycles. The van der Waals surface area contributed by atoms with Gasteiger partial charge in [-0.05, 0) is 5.53 Å². The fourth-order valence-corrected chi connectivity index (χ4v) is 0.556. The molecule has 6 nitrogen and oxygen atoms in total. The van der Waals surface area contributed by atoms with Crippen LogP contribution >= 0.6 is 0 Å². The van der Waals surface area contributed by atoms with Gasteiger partial charge >= 0.3 is 0 Å². The predicted molar refractivity (Wildman–Crippen MR) is 35.8 cm³/mol. The quantitative estimate of drug-likeness (QED) is 0.370. The minimum Gasteiger partial charge on any atom is -0.382 e. The molecule has 0 bridgehead atoms. The number of aromatic nitrogens is 2. The van der Waals surface area contributed by atoms with Gasteiger partial charge in [0, 0.05) is 11.1 Å². The fourth-order valence-electron chi connectivity index (χ4n) is 0.556. The van der Waals surface area contributed by atoms with Crippen molar-refractivity contribution in [1.82, 2.24) is 9.55 Å². The summed E-state index contributed by atoms with van der Waals surface area (Å²) in [6.07, 6.45) is 3.10. The third-order valence-corrected chi connectivity index (χ3v) is 0.943. The number of nitrogen functional groups attached to an aromatic ring is 1. The Hall–Kier alpha value is -1.68. The summed E-state index contributed by atoms with van der Waals surface area (Å²) in [6.45, 7) is 0.237. The van der Waals surface area contributed by atoms with E-state index in [1.165, 1.54) is 6.33 Å². The van der Waals surface area contributed by atoms with Gasteiger partial charge in [0.05, 0.1) is 6.33 Å². The van der Waals surface area contributed by atoms with E-state index < -0.39 is 0 Å². The van der Waals surface area contributed by atoms with Crippen LogP contribution in [0.2, 0.25) is 0 Å². The molecule has 0 radical (unpaired) electrons. The second kappa shape index (κ2) is 2.75. The number of azide groups is 1. The summed E-state index contributed by atoms with van der Waals surface area (Å²) in [4.78, 5) is 6.30. The van der Waals surface area contributed by atoms with Crippen LogP contribution < -0.4 is 5.73 Å². The first kappa shape index (κ1) is 6.44. The zero-order valence-corrected chi connectivity index (χ0v) is 5.18. The molecule has 0 aliphatic carbocycles. The molecule has 0 atom stereocenters. The van der Waals surface area contributed by atoms with E-state index >= 15 is 0 Å². The lowest BCUT2D eigenvalue weighted by Gasteiger charge is -1.89. The number of nitrogens with zero attached hydrogens (tertiary/aromatic N) is 5. The monoisotopic (exact) mass is 138 g/mol. The van der Waals surface area contributed by atoms with Crippen molar-refractivity contribution < 1.29 is 0 Å². The molecule has 2 N–H and O–H groups in total. The third-order valence-electron chi connectivity index (χ3n) is 0.943. The maximum atomic E-state index is 7.93. The molecule has 0 saturated heterocycles. The van der Waals surface area contributed by atoms with Crippen LogP contribution in [-0.4, -0.2) is 9.55 Å². The van der Waals surface area contributed by atoms with E-state index in [1.54, 1.807) is 10.8 Å². The fraction of sp³-hybridized carbons (Fsp3) is 0.250. The lowest BCUT2D eigenvalue weighted by atomic mass is 10.8. The summed E-state index contributed by atoms with van der Waals surface area (Å²) in [7, 11) is 0. The van der Waals surface area contributed by atoms with Crippen LogP contribution in [0, 0.1) is 0 Å². The highest BCUT2D eigenvalue weighted by Crippen LogP contribution is 1.95. The maximum absolute atomic E-state index is 7.93. The molecule has 0 unspecified atom stereocenters. The van der Waals surface area contributed by atoms with E-state index in [0.717, 1.165) is 0 Å². The number of hydrogen-bond acceptors (Lipinski definition) is 3. The molecule has 0 fully saturated rings. The lowest BCUT2D eigenvalue weighted by molar-refractivity contribution is 0.726. The normalized spacial score (nSPS) is 8.80. The molecule has 0 spiro atoms. The molecule has 6 heteroatoms. The first-order valence-electron chi connectivity index (χ1n) is 2.61. The first-order valence-corrected chi connectivity index (χ1v) is 2.61. The van der Waals surface area contributed by atoms with Crippen LogP contribution in [0.25, 0.3) is 10.4 Å². The van der Waals surface area contributed by atoms with Crippen molar-refractivity contribution in [3.05, 3.63) is 23.0 Å². The van der Waals surface area contributed by atoms with E-state index in [1.807, 2.05) is 0 Å². The topological polar surface area (TPSA) is 92.6 Å². The standard InChI is InChI=1S/C4H6N6/c5-4-1-10(2-7-4)3-8-9-6/h1-2H,3,5H2. The lowest BCUT2D eigenvalue weighted by Crippen LogP contribution is -1.88. The Morgan fingerprint density at radius 3 is 3.20 bits per heavy atom. The summed E-state index contributed by atoms with van der Waals surface area (Å²) in [6, 6.07) is 0. The molecule has 1 heterocycles. The Morgan fingerprint density at radius 1 is 1.90 bits per heavy atom. The number of imidazole rings is 1. The highest BCUT2D eigenvalue weighted by Gasteiger charge is 1.88. The Morgan fingerprint density at radius 2 is 2.70 bits per heavy atom. The van der Waals surface area contributed by atoms with Crippen molar-refractivity contribution in [2.45, 2.75) is 6.67 Å². The highest BCUT2D eigenvalue weighted by molar-refractivity contribution is 5.22. The van der Waals surface area contributed by atoms with Crippen molar-refractivity contribution in [3.63, 3.8) is 0 Å². The highest BCUT2D eigenvalue weighted by atomic mass is 15.2. The minimum absolute atomic E-state index is 0.237. The van der Waals surface area contributed by atoms with Gasteiger partial charge < -0.3 is 10.3 Å². The summed E-state index contributed by atoms with van der Waals surface area (Å²) in [5, 5.41) is 3.30. The van der Waals surface area contributed by atoms with Gasteiger partial charge in [-0.15, -0.1) is 0 Å². The summed E-state index contributed by atoms with van der Waals surface area (Å²) >= 11 is 0. The number of rotatable bonds is 2. The van der Waals surface area contributed by atoms with Crippen molar-refractivity contribution in [3.8, 4) is 0 Å². The summed E-state index contributed by atoms with van der Waals surface area (Å²) in [5.41, 5.74) is 13.2. The Kier molecular flexibility index (Phi) is 1.77. The second-order valence-electron chi connectivity index (χ2n) is 1.69. The van der Waals surface area contributed by atoms with E-state index in [2.05, 4.69) is 15.0 Å². The van der Waals surface area contributed by atoms with Gasteiger partial charge in [-0.3, -0.25) is 0 Å². The number of hydrogen-bond donors (Lipinski definition) is 1. The van der Waals surface area contributed by atoms with Gasteiger partial charge in [-0.25, -0.2) is 4.98 Å². The number of anilines is 1. The predicted octanol–water partition coefficient (Wildman–Crippen LogP) is 0.733. The summed E-state index contributed by atoms with van der Waals surface area (Å²) in [5.74, 6) is 0.424. The molecule has 52 valence electrons. The molecule has 10 heavy (non-hydrogen) atoms. The van der Waals surface area contributed by atoms with Crippen molar-refractivity contribution in [2.75, 3.05) is 5.73 Å². The molecular weight excluding hydrogens is 132 g/mol. The Balaban J connectivity index is 2.66. The molecule has 1 rings (SSSR count). The number of nitrogens with two attached hydrogens (primary N) is 1. The molecule has 0 amide bonds. The molecule has 0 aliphatic rings. The zero-order chi connectivity index (χ0) is 7.40. The van der Waals surface area contributed by atoms with Gasteiger partial charge in [0.2, 0.25) is 0 Å². The third kappa shape index (κ3) is 1.40. The van der Waals surface area contributed by atoms with Crippen LogP contribution in [-0.2, 0) is 6.67 Å². The largest absolute Gasteiger partial charge is 0.382 e. The van der Waals surface area contributed by atoms with Gasteiger partial charge in [0.25, 0.3) is 0 Å². The molecule has 1 aromatic heterocycles. The van der Waals surface area contributed by atoms with E-state index in [9.17, 15) is 0 Å². The van der Waals surface area contributed by atoms with Crippen LogP contribution in [0.15, 0.2) is 17.6 Å². The van der Waals surface area contributed by atoms with Crippen molar-refractivity contribution >= 4 is 5.82 Å². The molecule has 0 saturated carbocycles. The average Bonchev–Trinajstić information content (AvgIpc) is 2.31. The van der Waals surface area contributed by atoms with E-state index in [0.29, 0.717) is 5.82 Å². The smallest absolute Gasteiger partial charge is 0.141 e.